The van der Waals surface area contributed by atoms with Crippen LogP contribution in [0.5, 0.6) is 5.75 Å². The summed E-state index contributed by atoms with van der Waals surface area (Å²) in [7, 11) is 1.59. The SMILES string of the molecule is CCC[C@H]1N=C2c3ccccc3N=C(SCC(=O)Nc3ccc(OC)cc3)N2C1=O. The number of fused-ring (bicyclic) bond motifs is 3. The van der Waals surface area contributed by atoms with Crippen LogP contribution in [0.3, 0.4) is 0 Å². The first-order valence-corrected chi connectivity index (χ1v) is 10.8. The quantitative estimate of drug-likeness (QED) is 0.767. The predicted octanol–water partition coefficient (Wildman–Crippen LogP) is 3.83. The Balaban J connectivity index is 1.50. The molecule has 8 heteroatoms. The molecule has 0 fully saturated rings. The van der Waals surface area contributed by atoms with Crippen molar-refractivity contribution in [2.75, 3.05) is 18.2 Å². The van der Waals surface area contributed by atoms with Crippen molar-refractivity contribution >= 4 is 46.0 Å². The number of nitrogens with one attached hydrogen (secondary N) is 1. The van der Waals surface area contributed by atoms with E-state index < -0.39 is 6.04 Å². The van der Waals surface area contributed by atoms with Crippen molar-refractivity contribution in [2.24, 2.45) is 9.98 Å². The zero-order valence-corrected chi connectivity index (χ0v) is 17.6. The summed E-state index contributed by atoms with van der Waals surface area (Å²) in [5.74, 6) is 1.22. The number of para-hydroxylation sites is 1. The van der Waals surface area contributed by atoms with Crippen molar-refractivity contribution in [1.82, 2.24) is 4.90 Å². The Labute approximate surface area is 179 Å². The second-order valence-corrected chi connectivity index (χ2v) is 7.85. The van der Waals surface area contributed by atoms with E-state index in [9.17, 15) is 9.59 Å². The van der Waals surface area contributed by atoms with Gasteiger partial charge in [0.05, 0.1) is 18.6 Å². The zero-order chi connectivity index (χ0) is 21.1. The van der Waals surface area contributed by atoms with Gasteiger partial charge in [-0.25, -0.2) is 9.89 Å². The summed E-state index contributed by atoms with van der Waals surface area (Å²) in [5, 5.41) is 3.33. The lowest BCUT2D eigenvalue weighted by Crippen LogP contribution is -2.41. The maximum Gasteiger partial charge on any atom is 0.259 e. The highest BCUT2D eigenvalue weighted by Crippen LogP contribution is 2.34. The lowest BCUT2D eigenvalue weighted by molar-refractivity contribution is -0.124. The summed E-state index contributed by atoms with van der Waals surface area (Å²) in [6, 6.07) is 14.4. The molecule has 2 aromatic carbocycles. The van der Waals surface area contributed by atoms with Crippen molar-refractivity contribution in [3.63, 3.8) is 0 Å². The van der Waals surface area contributed by atoms with E-state index in [2.05, 4.69) is 15.3 Å². The number of amidine groups is 2. The monoisotopic (exact) mass is 422 g/mol. The first-order chi connectivity index (χ1) is 14.6. The molecule has 2 aliphatic rings. The van der Waals surface area contributed by atoms with E-state index in [0.717, 1.165) is 23.4 Å². The number of anilines is 1. The molecule has 0 saturated heterocycles. The number of rotatable bonds is 6. The van der Waals surface area contributed by atoms with Crippen LogP contribution in [0.15, 0.2) is 58.5 Å². The third-order valence-corrected chi connectivity index (χ3v) is 5.75. The van der Waals surface area contributed by atoms with Gasteiger partial charge in [0.1, 0.15) is 17.6 Å². The van der Waals surface area contributed by atoms with E-state index in [1.807, 2.05) is 31.2 Å². The molecule has 0 bridgehead atoms. The van der Waals surface area contributed by atoms with E-state index in [4.69, 9.17) is 4.74 Å². The number of hydrogen-bond donors (Lipinski definition) is 1. The first kappa shape index (κ1) is 20.2. The number of hydrogen-bond acceptors (Lipinski definition) is 6. The van der Waals surface area contributed by atoms with Crippen LogP contribution >= 0.6 is 11.8 Å². The topological polar surface area (TPSA) is 83.4 Å². The van der Waals surface area contributed by atoms with Gasteiger partial charge in [-0.1, -0.05) is 37.2 Å². The minimum absolute atomic E-state index is 0.0804. The van der Waals surface area contributed by atoms with E-state index in [-0.39, 0.29) is 17.6 Å². The number of carbonyl (C=O) groups is 2. The van der Waals surface area contributed by atoms with Gasteiger partial charge in [-0.05, 0) is 42.8 Å². The third kappa shape index (κ3) is 3.95. The average Bonchev–Trinajstić information content (AvgIpc) is 3.09. The normalized spacial score (nSPS) is 17.1. The summed E-state index contributed by atoms with van der Waals surface area (Å²) in [4.78, 5) is 36.3. The zero-order valence-electron chi connectivity index (χ0n) is 16.8. The summed E-state index contributed by atoms with van der Waals surface area (Å²) >= 11 is 1.23. The number of thioether (sulfide) groups is 1. The molecule has 2 heterocycles. The molecule has 0 radical (unpaired) electrons. The highest BCUT2D eigenvalue weighted by atomic mass is 32.2. The van der Waals surface area contributed by atoms with Gasteiger partial charge in [0.25, 0.3) is 5.91 Å². The van der Waals surface area contributed by atoms with Gasteiger partial charge in [0.15, 0.2) is 5.17 Å². The summed E-state index contributed by atoms with van der Waals surface area (Å²) in [5.41, 5.74) is 2.28. The van der Waals surface area contributed by atoms with Crippen LogP contribution in [0.4, 0.5) is 11.4 Å². The average molecular weight is 423 g/mol. The maximum absolute atomic E-state index is 13.0. The molecule has 154 valence electrons. The predicted molar refractivity (Wildman–Crippen MR) is 120 cm³/mol. The van der Waals surface area contributed by atoms with Crippen LogP contribution in [-0.2, 0) is 9.59 Å². The van der Waals surface area contributed by atoms with Crippen molar-refractivity contribution in [1.29, 1.82) is 0 Å². The fraction of sp³-hybridized carbons (Fsp3) is 0.273. The minimum Gasteiger partial charge on any atom is -0.497 e. The molecule has 30 heavy (non-hydrogen) atoms. The Morgan fingerprint density at radius 1 is 1.20 bits per heavy atom. The first-order valence-electron chi connectivity index (χ1n) is 9.77. The van der Waals surface area contributed by atoms with Gasteiger partial charge in [-0.2, -0.15) is 0 Å². The fourth-order valence-corrected chi connectivity index (χ4v) is 4.16. The Bertz CT molecular complexity index is 1030. The molecule has 4 rings (SSSR count). The number of aliphatic imine (C=N–C) groups is 2. The smallest absolute Gasteiger partial charge is 0.259 e. The highest BCUT2D eigenvalue weighted by molar-refractivity contribution is 8.14. The van der Waals surface area contributed by atoms with Gasteiger partial charge >= 0.3 is 0 Å². The molecule has 0 saturated carbocycles. The molecule has 2 aromatic rings. The molecular formula is C22H22N4O3S. The summed E-state index contributed by atoms with van der Waals surface area (Å²) in [6.07, 6.45) is 1.56. The van der Waals surface area contributed by atoms with Crippen molar-refractivity contribution in [3.05, 3.63) is 54.1 Å². The van der Waals surface area contributed by atoms with E-state index in [0.29, 0.717) is 23.1 Å². The molecule has 2 aliphatic heterocycles. The molecule has 0 unspecified atom stereocenters. The molecule has 0 spiro atoms. The fourth-order valence-electron chi connectivity index (χ4n) is 3.36. The maximum atomic E-state index is 13.0. The Morgan fingerprint density at radius 3 is 2.70 bits per heavy atom. The van der Waals surface area contributed by atoms with Crippen LogP contribution in [0.1, 0.15) is 25.3 Å². The van der Waals surface area contributed by atoms with Crippen LogP contribution in [-0.4, -0.2) is 46.6 Å². The molecule has 1 atom stereocenters. The van der Waals surface area contributed by atoms with Crippen molar-refractivity contribution in [2.45, 2.75) is 25.8 Å². The number of amides is 2. The van der Waals surface area contributed by atoms with Gasteiger partial charge in [0, 0.05) is 11.3 Å². The van der Waals surface area contributed by atoms with E-state index >= 15 is 0 Å². The number of ether oxygens (including phenoxy) is 1. The molecular weight excluding hydrogens is 400 g/mol. The van der Waals surface area contributed by atoms with E-state index in [1.54, 1.807) is 36.3 Å². The molecule has 0 aromatic heterocycles. The Hall–Kier alpha value is -3.13. The lowest BCUT2D eigenvalue weighted by Gasteiger charge is -2.25. The third-order valence-electron chi connectivity index (χ3n) is 4.82. The summed E-state index contributed by atoms with van der Waals surface area (Å²) < 4.78 is 5.12. The van der Waals surface area contributed by atoms with Crippen LogP contribution in [0.25, 0.3) is 0 Å². The minimum atomic E-state index is -0.393. The molecule has 1 N–H and O–H groups in total. The van der Waals surface area contributed by atoms with Gasteiger partial charge in [0.2, 0.25) is 5.91 Å². The Morgan fingerprint density at radius 2 is 1.97 bits per heavy atom. The van der Waals surface area contributed by atoms with Crippen LogP contribution in [0.2, 0.25) is 0 Å². The van der Waals surface area contributed by atoms with Crippen molar-refractivity contribution < 1.29 is 14.3 Å². The lowest BCUT2D eigenvalue weighted by atomic mass is 10.1. The van der Waals surface area contributed by atoms with Gasteiger partial charge < -0.3 is 10.1 Å². The van der Waals surface area contributed by atoms with Crippen LogP contribution in [0, 0.1) is 0 Å². The largest absolute Gasteiger partial charge is 0.497 e. The molecule has 0 aliphatic carbocycles. The summed E-state index contributed by atoms with van der Waals surface area (Å²) in [6.45, 7) is 2.03. The Kier molecular flexibility index (Phi) is 5.85. The highest BCUT2D eigenvalue weighted by Gasteiger charge is 2.40. The van der Waals surface area contributed by atoms with Crippen LogP contribution < -0.4 is 10.1 Å². The van der Waals surface area contributed by atoms with Crippen molar-refractivity contribution in [3.8, 4) is 5.75 Å². The van der Waals surface area contributed by atoms with Gasteiger partial charge in [-0.3, -0.25) is 14.6 Å². The second-order valence-electron chi connectivity index (χ2n) is 6.91. The number of nitrogens with zero attached hydrogens (tertiary/aromatic N) is 3. The number of benzene rings is 2. The second kappa shape index (κ2) is 8.71. The molecule has 2 amide bonds. The number of methoxy groups -OCH3 is 1. The number of carbonyl (C=O) groups excluding carboxylic acids is 2. The van der Waals surface area contributed by atoms with Gasteiger partial charge in [-0.15, -0.1) is 0 Å². The molecule has 7 nitrogen and oxygen atoms in total. The standard InChI is InChI=1S/C22H22N4O3S/c1-3-6-18-21(28)26-20(24-18)16-7-4-5-8-17(16)25-22(26)30-13-19(27)23-14-9-11-15(29-2)12-10-14/h4-5,7-12,18H,3,6,13H2,1-2H3,(H,23,27)/t18-/m1/s1. The van der Waals surface area contributed by atoms with E-state index in [1.165, 1.54) is 11.8 Å².